The van der Waals surface area contributed by atoms with Crippen LogP contribution in [0.25, 0.3) is 0 Å². The van der Waals surface area contributed by atoms with Crippen molar-refractivity contribution >= 4 is 27.9 Å². The first kappa shape index (κ1) is 17.8. The molecule has 0 radical (unpaired) electrons. The second kappa shape index (κ2) is 4.89. The smallest absolute Gasteiger partial charge is 0.512 e. The third-order valence-electron chi connectivity index (χ3n) is 2.03. The number of hydrogen-bond donors (Lipinski definition) is 0. The molecule has 0 unspecified atom stereocenters. The maximum Gasteiger partial charge on any atom is 0.512 e. The number of alkyl halides is 3. The van der Waals surface area contributed by atoms with E-state index >= 15 is 0 Å². The summed E-state index contributed by atoms with van der Waals surface area (Å²) in [5, 5.41) is 0. The second-order valence-electron chi connectivity index (χ2n) is 3.40. The maximum atomic E-state index is 13.3. The Morgan fingerprint density at radius 1 is 0.952 bits per heavy atom. The summed E-state index contributed by atoms with van der Waals surface area (Å²) >= 11 is 0. The predicted octanol–water partition coefficient (Wildman–Crippen LogP) is 0.353. The third kappa shape index (κ3) is 3.02. The Balaban J connectivity index is 3.77. The molecule has 0 heterocycles. The Bertz CT molecular complexity index is 881. The van der Waals surface area contributed by atoms with E-state index in [4.69, 9.17) is 0 Å². The number of rotatable bonds is 3. The highest BCUT2D eigenvalue weighted by Crippen LogP contribution is 2.34. The molecule has 0 saturated carbocycles. The minimum Gasteiger partial charge on any atom is -0.744 e. The van der Waals surface area contributed by atoms with Gasteiger partial charge in [0.2, 0.25) is 0 Å². The molecule has 0 bridgehead atoms. The van der Waals surface area contributed by atoms with Gasteiger partial charge in [-0.05, 0) is 18.2 Å². The summed E-state index contributed by atoms with van der Waals surface area (Å²) in [6.07, 6.45) is 0. The Morgan fingerprint density at radius 3 is 1.81 bits per heavy atom. The lowest BCUT2D eigenvalue weighted by Crippen LogP contribution is -2.31. The van der Waals surface area contributed by atoms with Crippen molar-refractivity contribution in [3.63, 3.8) is 0 Å². The van der Waals surface area contributed by atoms with E-state index in [1.165, 1.54) is 0 Å². The summed E-state index contributed by atoms with van der Waals surface area (Å²) in [5.74, 6) is -1.96. The van der Waals surface area contributed by atoms with Crippen LogP contribution >= 0.6 is 0 Å². The quantitative estimate of drug-likeness (QED) is 0.426. The van der Waals surface area contributed by atoms with Crippen LogP contribution in [0.15, 0.2) is 28.0 Å². The van der Waals surface area contributed by atoms with Crippen LogP contribution in [0.1, 0.15) is 0 Å². The molecule has 0 N–H and O–H groups in total. The lowest BCUT2D eigenvalue weighted by Gasteiger charge is -2.12. The molecule has 1 aromatic rings. The van der Waals surface area contributed by atoms with Crippen LogP contribution in [0.5, 0.6) is 0 Å². The van der Waals surface area contributed by atoms with Crippen molar-refractivity contribution in [3.8, 4) is 0 Å². The molecule has 0 spiro atoms. The maximum absolute atomic E-state index is 13.3. The minimum absolute atomic E-state index is 0.0452. The van der Waals surface area contributed by atoms with E-state index in [9.17, 15) is 47.4 Å². The lowest BCUT2D eigenvalue weighted by molar-refractivity contribution is -0.0412. The molecule has 0 aliphatic carbocycles. The van der Waals surface area contributed by atoms with E-state index in [0.29, 0.717) is 0 Å². The van der Waals surface area contributed by atoms with Gasteiger partial charge in [-0.2, -0.15) is 13.2 Å². The zero-order valence-corrected chi connectivity index (χ0v) is 11.8. The van der Waals surface area contributed by atoms with Crippen LogP contribution in [0, 0.1) is 5.82 Å². The Hall–Kier alpha value is -1.25. The molecule has 0 saturated heterocycles. The molecule has 0 aromatic heterocycles. The van der Waals surface area contributed by atoms with E-state index in [0.717, 1.165) is 0 Å². The van der Waals surface area contributed by atoms with Gasteiger partial charge in [-0.3, -0.25) is 0 Å². The van der Waals surface area contributed by atoms with Crippen LogP contribution in [-0.4, -0.2) is 35.3 Å². The summed E-state index contributed by atoms with van der Waals surface area (Å²) in [6.45, 7) is 0. The van der Waals surface area contributed by atoms with Gasteiger partial charge >= 0.3 is 14.4 Å². The Labute approximate surface area is 115 Å². The summed E-state index contributed by atoms with van der Waals surface area (Å²) in [7, 11) is -18.6. The fourth-order valence-electron chi connectivity index (χ4n) is 1.07. The van der Waals surface area contributed by atoms with Crippen molar-refractivity contribution in [3.05, 3.63) is 24.0 Å². The molecule has 1 aromatic carbocycles. The van der Waals surface area contributed by atoms with Crippen molar-refractivity contribution in [1.29, 1.82) is 0 Å². The van der Waals surface area contributed by atoms with Crippen molar-refractivity contribution in [1.82, 2.24) is 0 Å². The molecule has 21 heavy (non-hydrogen) atoms. The molecule has 0 aliphatic heterocycles. The van der Waals surface area contributed by atoms with E-state index in [1.54, 1.807) is 0 Å². The van der Waals surface area contributed by atoms with Crippen LogP contribution < -0.4 is 0 Å². The van der Waals surface area contributed by atoms with Crippen molar-refractivity contribution in [2.24, 2.45) is 0 Å². The number of hydrogen-bond acceptors (Lipinski definition) is 7. The SMILES string of the molecule is O=S(=O)([O-])c1ccc(F)c(S(=O)(=O)S(=O)(=O)C(F)(F)F)c1. The van der Waals surface area contributed by atoms with Crippen molar-refractivity contribution in [2.45, 2.75) is 15.3 Å². The number of halogens is 4. The summed E-state index contributed by atoms with van der Waals surface area (Å²) in [5.41, 5.74) is -6.26. The zero-order chi connectivity index (χ0) is 16.9. The highest BCUT2D eigenvalue weighted by Gasteiger charge is 2.56. The fraction of sp³-hybridized carbons (Fsp3) is 0.143. The molecule has 0 amide bonds. The molecular weight excluding hydrogens is 368 g/mol. The second-order valence-corrected chi connectivity index (χ2v) is 10.1. The molecule has 0 aliphatic rings. The van der Waals surface area contributed by atoms with Gasteiger partial charge in [-0.1, -0.05) is 0 Å². The fourth-order valence-corrected chi connectivity index (χ4v) is 4.55. The molecule has 14 heteroatoms. The Kier molecular flexibility index (Phi) is 4.15. The standard InChI is InChI=1S/C7H4F4O7S3/c8-5-2-1-4(19(12,13)14)3-6(5)20(15,16)21(17,18)7(9,10)11/h1-3H,(H,12,13,14)/p-1. The van der Waals surface area contributed by atoms with Gasteiger partial charge in [0.15, 0.2) is 0 Å². The summed E-state index contributed by atoms with van der Waals surface area (Å²) < 4.78 is 126. The van der Waals surface area contributed by atoms with Gasteiger partial charge in [0.25, 0.3) is 8.87 Å². The monoisotopic (exact) mass is 371 g/mol. The highest BCUT2D eigenvalue weighted by atomic mass is 33.2. The van der Waals surface area contributed by atoms with E-state index in [-0.39, 0.29) is 18.2 Å². The molecule has 0 fully saturated rings. The summed E-state index contributed by atoms with van der Waals surface area (Å²) in [4.78, 5) is -3.49. The highest BCUT2D eigenvalue weighted by molar-refractivity contribution is 8.67. The topological polar surface area (TPSA) is 125 Å². The van der Waals surface area contributed by atoms with Crippen molar-refractivity contribution in [2.75, 3.05) is 0 Å². The van der Waals surface area contributed by atoms with Crippen molar-refractivity contribution < 1.29 is 47.4 Å². The van der Waals surface area contributed by atoms with E-state index < -0.39 is 49.0 Å². The van der Waals surface area contributed by atoms with Crippen LogP contribution in [0.3, 0.4) is 0 Å². The van der Waals surface area contributed by atoms with Gasteiger partial charge in [0.05, 0.1) is 4.90 Å². The minimum atomic E-state index is -6.88. The summed E-state index contributed by atoms with van der Waals surface area (Å²) in [6, 6.07) is 0.0245. The third-order valence-corrected chi connectivity index (χ3v) is 7.70. The molecule has 1 rings (SSSR count). The normalized spacial score (nSPS) is 14.1. The van der Waals surface area contributed by atoms with Gasteiger partial charge < -0.3 is 4.55 Å². The van der Waals surface area contributed by atoms with Gasteiger partial charge in [0, 0.05) is 0 Å². The number of benzene rings is 1. The molecule has 120 valence electrons. The zero-order valence-electron chi connectivity index (χ0n) is 9.33. The Morgan fingerprint density at radius 2 is 1.43 bits per heavy atom. The van der Waals surface area contributed by atoms with Crippen LogP contribution in [-0.2, 0) is 27.9 Å². The van der Waals surface area contributed by atoms with Gasteiger partial charge in [0.1, 0.15) is 20.8 Å². The largest absolute Gasteiger partial charge is 0.744 e. The van der Waals surface area contributed by atoms with Gasteiger partial charge in [-0.15, -0.1) is 0 Å². The average molecular weight is 371 g/mol. The first-order chi connectivity index (χ1) is 9.12. The first-order valence-electron chi connectivity index (χ1n) is 4.44. The van der Waals surface area contributed by atoms with E-state index in [2.05, 4.69) is 0 Å². The molecular formula is C7H3F4O7S3-. The molecule has 7 nitrogen and oxygen atoms in total. The average Bonchev–Trinajstić information content (AvgIpc) is 2.25. The van der Waals surface area contributed by atoms with Gasteiger partial charge in [-0.25, -0.2) is 29.6 Å². The molecule has 0 atom stereocenters. The lowest BCUT2D eigenvalue weighted by atomic mass is 10.3. The van der Waals surface area contributed by atoms with E-state index in [1.807, 2.05) is 0 Å². The predicted molar refractivity (Wildman–Crippen MR) is 56.5 cm³/mol. The first-order valence-corrected chi connectivity index (χ1v) is 9.33. The van der Waals surface area contributed by atoms with Crippen LogP contribution in [0.2, 0.25) is 0 Å². The van der Waals surface area contributed by atoms with Crippen LogP contribution in [0.4, 0.5) is 17.6 Å².